The van der Waals surface area contributed by atoms with Gasteiger partial charge in [-0.05, 0) is 68.4 Å². The molecule has 5 heteroatoms. The lowest BCUT2D eigenvalue weighted by Gasteiger charge is -2.56. The summed E-state index contributed by atoms with van der Waals surface area (Å²) in [5.74, 6) is 3.39. The first-order chi connectivity index (χ1) is 12.1. The number of benzene rings is 1. The zero-order valence-corrected chi connectivity index (χ0v) is 15.6. The maximum Gasteiger partial charge on any atom is 0.140 e. The highest BCUT2D eigenvalue weighted by Gasteiger charge is 2.51. The molecule has 0 spiro atoms. The van der Waals surface area contributed by atoms with Crippen molar-refractivity contribution < 1.29 is 4.74 Å². The zero-order valence-electron chi connectivity index (χ0n) is 14.1. The number of hydrogen-bond acceptors (Lipinski definition) is 2. The Morgan fingerprint density at radius 2 is 1.64 bits per heavy atom. The first-order valence-corrected chi connectivity index (χ1v) is 9.98. The van der Waals surface area contributed by atoms with Crippen LogP contribution >= 0.6 is 23.2 Å². The lowest BCUT2D eigenvalue weighted by molar-refractivity contribution is -0.169. The number of halogens is 2. The molecule has 3 nitrogen and oxygen atoms in total. The number of nitrogens with one attached hydrogen (secondary N) is 1. The standard InChI is InChI=1S/C20H22Cl2N2O/c21-16-2-1-3-17(22)18(16)19-23-10-15(24-19)11-25-20-7-12-4-13(8-20)6-14(5-12)9-20/h1-3,10,12-14H,4-9,11H2,(H,23,24). The molecule has 4 aliphatic rings. The lowest BCUT2D eigenvalue weighted by Crippen LogP contribution is -2.51. The summed E-state index contributed by atoms with van der Waals surface area (Å²) in [5, 5.41) is 1.21. The SMILES string of the molecule is Clc1cccc(Cl)c1-c1ncc(COC23CC4CC(CC(C4)C2)C3)[nH]1. The normalized spacial score (nSPS) is 33.1. The molecule has 1 heterocycles. The van der Waals surface area contributed by atoms with Gasteiger partial charge in [-0.3, -0.25) is 0 Å². The minimum Gasteiger partial charge on any atom is -0.369 e. The molecule has 4 bridgehead atoms. The van der Waals surface area contributed by atoms with Crippen molar-refractivity contribution in [3.63, 3.8) is 0 Å². The minimum absolute atomic E-state index is 0.113. The molecule has 0 radical (unpaired) electrons. The van der Waals surface area contributed by atoms with E-state index < -0.39 is 0 Å². The van der Waals surface area contributed by atoms with E-state index in [0.717, 1.165) is 29.0 Å². The van der Waals surface area contributed by atoms with Crippen LogP contribution in [0.15, 0.2) is 24.4 Å². The third-order valence-corrected chi connectivity index (χ3v) is 6.97. The summed E-state index contributed by atoms with van der Waals surface area (Å²) in [6.07, 6.45) is 9.88. The fraction of sp³-hybridized carbons (Fsp3) is 0.550. The van der Waals surface area contributed by atoms with Crippen molar-refractivity contribution in [1.82, 2.24) is 9.97 Å². The molecule has 0 atom stereocenters. The monoisotopic (exact) mass is 376 g/mol. The van der Waals surface area contributed by atoms with Gasteiger partial charge in [-0.25, -0.2) is 4.98 Å². The van der Waals surface area contributed by atoms with Crippen LogP contribution in [0.1, 0.15) is 44.2 Å². The predicted octanol–water partition coefficient (Wildman–Crippen LogP) is 5.87. The summed E-state index contributed by atoms with van der Waals surface area (Å²) in [6.45, 7) is 0.585. The number of hydrogen-bond donors (Lipinski definition) is 1. The van der Waals surface area contributed by atoms with Crippen molar-refractivity contribution >= 4 is 23.2 Å². The molecule has 1 aromatic carbocycles. The summed E-state index contributed by atoms with van der Waals surface area (Å²) >= 11 is 12.6. The van der Waals surface area contributed by atoms with Crippen LogP contribution in [0.3, 0.4) is 0 Å². The van der Waals surface area contributed by atoms with Crippen LogP contribution in [0.25, 0.3) is 11.4 Å². The Morgan fingerprint density at radius 1 is 1.04 bits per heavy atom. The molecule has 4 saturated carbocycles. The lowest BCUT2D eigenvalue weighted by atomic mass is 9.54. The predicted molar refractivity (Wildman–Crippen MR) is 99.7 cm³/mol. The van der Waals surface area contributed by atoms with Crippen LogP contribution < -0.4 is 0 Å². The molecule has 6 rings (SSSR count). The van der Waals surface area contributed by atoms with E-state index in [9.17, 15) is 0 Å². The third kappa shape index (κ3) is 2.90. The van der Waals surface area contributed by atoms with Gasteiger partial charge in [0.2, 0.25) is 0 Å². The quantitative estimate of drug-likeness (QED) is 0.724. The van der Waals surface area contributed by atoms with Gasteiger partial charge in [0.1, 0.15) is 5.82 Å². The first-order valence-electron chi connectivity index (χ1n) is 9.22. The van der Waals surface area contributed by atoms with Crippen LogP contribution in [0.2, 0.25) is 10.0 Å². The molecule has 132 valence electrons. The van der Waals surface area contributed by atoms with Crippen LogP contribution in [0.4, 0.5) is 0 Å². The fourth-order valence-corrected chi connectivity index (χ4v) is 6.30. The second-order valence-corrected chi connectivity index (χ2v) is 9.06. The minimum atomic E-state index is 0.113. The Kier molecular flexibility index (Phi) is 3.88. The average molecular weight is 377 g/mol. The zero-order chi connectivity index (χ0) is 17.0. The smallest absolute Gasteiger partial charge is 0.140 e. The molecule has 4 aliphatic carbocycles. The van der Waals surface area contributed by atoms with Gasteiger partial charge < -0.3 is 9.72 Å². The van der Waals surface area contributed by atoms with E-state index in [-0.39, 0.29) is 5.60 Å². The molecule has 25 heavy (non-hydrogen) atoms. The molecule has 0 aliphatic heterocycles. The Labute approximate surface area is 158 Å². The molecule has 0 amide bonds. The Morgan fingerprint density at radius 3 is 2.24 bits per heavy atom. The van der Waals surface area contributed by atoms with E-state index in [0.29, 0.717) is 22.5 Å². The molecule has 4 fully saturated rings. The van der Waals surface area contributed by atoms with Crippen molar-refractivity contribution in [2.24, 2.45) is 17.8 Å². The van der Waals surface area contributed by atoms with E-state index in [4.69, 9.17) is 27.9 Å². The van der Waals surface area contributed by atoms with Crippen molar-refractivity contribution in [2.45, 2.75) is 50.7 Å². The van der Waals surface area contributed by atoms with E-state index in [1.54, 1.807) is 0 Å². The average Bonchev–Trinajstić information content (AvgIpc) is 3.00. The Bertz CT molecular complexity index is 745. The highest BCUT2D eigenvalue weighted by Crippen LogP contribution is 2.57. The summed E-state index contributed by atoms with van der Waals surface area (Å²) in [6, 6.07) is 5.50. The molecule has 2 aromatic rings. The van der Waals surface area contributed by atoms with Gasteiger partial charge in [-0.15, -0.1) is 0 Å². The fourth-order valence-electron chi connectivity index (χ4n) is 5.72. The highest BCUT2D eigenvalue weighted by atomic mass is 35.5. The van der Waals surface area contributed by atoms with Gasteiger partial charge in [-0.1, -0.05) is 29.3 Å². The molecule has 1 aromatic heterocycles. The van der Waals surface area contributed by atoms with Gasteiger partial charge in [0, 0.05) is 0 Å². The van der Waals surface area contributed by atoms with Crippen LogP contribution in [-0.4, -0.2) is 15.6 Å². The summed E-state index contributed by atoms with van der Waals surface area (Å²) in [7, 11) is 0. The van der Waals surface area contributed by atoms with Crippen LogP contribution in [0, 0.1) is 17.8 Å². The summed E-state index contributed by atoms with van der Waals surface area (Å²) < 4.78 is 6.50. The van der Waals surface area contributed by atoms with Gasteiger partial charge in [-0.2, -0.15) is 0 Å². The van der Waals surface area contributed by atoms with Gasteiger partial charge in [0.25, 0.3) is 0 Å². The topological polar surface area (TPSA) is 37.9 Å². The number of ether oxygens (including phenoxy) is 1. The van der Waals surface area contributed by atoms with Crippen LogP contribution in [0.5, 0.6) is 0 Å². The number of imidazole rings is 1. The largest absolute Gasteiger partial charge is 0.369 e. The summed E-state index contributed by atoms with van der Waals surface area (Å²) in [5.41, 5.74) is 1.86. The maximum absolute atomic E-state index is 6.50. The molecular formula is C20H22Cl2N2O. The van der Waals surface area contributed by atoms with Gasteiger partial charge in [0.15, 0.2) is 0 Å². The molecule has 0 unspecified atom stereocenters. The Hall–Kier alpha value is -1.03. The maximum atomic E-state index is 6.50. The van der Waals surface area contributed by atoms with Crippen molar-refractivity contribution in [2.75, 3.05) is 0 Å². The van der Waals surface area contributed by atoms with E-state index >= 15 is 0 Å². The van der Waals surface area contributed by atoms with Crippen molar-refractivity contribution in [1.29, 1.82) is 0 Å². The summed E-state index contributed by atoms with van der Waals surface area (Å²) in [4.78, 5) is 7.81. The number of H-pyrrole nitrogens is 1. The van der Waals surface area contributed by atoms with E-state index in [2.05, 4.69) is 9.97 Å². The van der Waals surface area contributed by atoms with Gasteiger partial charge >= 0.3 is 0 Å². The molecule has 0 saturated heterocycles. The van der Waals surface area contributed by atoms with E-state index in [1.807, 2.05) is 24.4 Å². The first kappa shape index (κ1) is 16.2. The van der Waals surface area contributed by atoms with Crippen molar-refractivity contribution in [3.8, 4) is 11.4 Å². The van der Waals surface area contributed by atoms with Crippen molar-refractivity contribution in [3.05, 3.63) is 40.1 Å². The number of rotatable bonds is 4. The number of nitrogens with zero attached hydrogens (tertiary/aromatic N) is 1. The third-order valence-electron chi connectivity index (χ3n) is 6.34. The Balaban J connectivity index is 1.32. The molecule has 1 N–H and O–H groups in total. The number of aromatic nitrogens is 2. The molecular weight excluding hydrogens is 355 g/mol. The second-order valence-electron chi connectivity index (χ2n) is 8.24. The van der Waals surface area contributed by atoms with Gasteiger partial charge in [0.05, 0.1) is 39.7 Å². The van der Waals surface area contributed by atoms with Crippen LogP contribution in [-0.2, 0) is 11.3 Å². The second kappa shape index (κ2) is 6.00. The highest BCUT2D eigenvalue weighted by molar-refractivity contribution is 6.38. The number of aromatic amines is 1. The van der Waals surface area contributed by atoms with E-state index in [1.165, 1.54) is 38.5 Å².